The lowest BCUT2D eigenvalue weighted by Crippen LogP contribution is -2.17. The fourth-order valence-corrected chi connectivity index (χ4v) is 5.05. The van der Waals surface area contributed by atoms with Gasteiger partial charge in [-0.25, -0.2) is 9.78 Å². The molecule has 0 saturated heterocycles. The van der Waals surface area contributed by atoms with E-state index in [0.717, 1.165) is 31.2 Å². The van der Waals surface area contributed by atoms with Crippen LogP contribution in [0.25, 0.3) is 10.2 Å². The highest BCUT2D eigenvalue weighted by Crippen LogP contribution is 2.37. The van der Waals surface area contributed by atoms with E-state index >= 15 is 0 Å². The van der Waals surface area contributed by atoms with Gasteiger partial charge >= 0.3 is 5.63 Å². The summed E-state index contributed by atoms with van der Waals surface area (Å²) in [5, 5.41) is 0.527. The van der Waals surface area contributed by atoms with Gasteiger partial charge in [0.25, 0.3) is 0 Å². The predicted octanol–water partition coefficient (Wildman–Crippen LogP) is 3.29. The molecule has 25 heavy (non-hydrogen) atoms. The van der Waals surface area contributed by atoms with Gasteiger partial charge in [0.05, 0.1) is 0 Å². The molecule has 0 amide bonds. The van der Waals surface area contributed by atoms with E-state index < -0.39 is 11.5 Å². The normalized spacial score (nSPS) is 17.1. The van der Waals surface area contributed by atoms with E-state index in [-0.39, 0.29) is 17.5 Å². The average molecular weight is 351 g/mol. The smallest absolute Gasteiger partial charge is 0.348 e. The highest BCUT2D eigenvalue weighted by Gasteiger charge is 2.42. The minimum atomic E-state index is -1.14. The second-order valence-electron chi connectivity index (χ2n) is 6.44. The zero-order valence-corrected chi connectivity index (χ0v) is 14.0. The van der Waals surface area contributed by atoms with Crippen LogP contribution in [0.1, 0.15) is 55.8 Å². The molecule has 2 aromatic heterocycles. The Morgan fingerprint density at radius 3 is 2.40 bits per heavy atom. The second-order valence-corrected chi connectivity index (χ2v) is 7.52. The Morgan fingerprint density at radius 1 is 1.00 bits per heavy atom. The Balaban J connectivity index is 1.69. The molecule has 2 aliphatic rings. The number of fused-ring (bicyclic) bond motifs is 4. The standard InChI is InChI=1S/C19H13NO4S/c21-15-9-5-1-2-6-10(9)16(22)14(15)17-20-18-13(19(23)24-17)11-7-3-4-8-12(11)25-18/h1-2,5-6,14H,3-4,7-8H2. The van der Waals surface area contributed by atoms with Crippen molar-refractivity contribution < 1.29 is 14.0 Å². The zero-order chi connectivity index (χ0) is 17.1. The summed E-state index contributed by atoms with van der Waals surface area (Å²) < 4.78 is 5.37. The molecule has 0 bridgehead atoms. The maximum Gasteiger partial charge on any atom is 0.348 e. The molecule has 3 aromatic rings. The number of rotatable bonds is 1. The van der Waals surface area contributed by atoms with Crippen LogP contribution in [-0.2, 0) is 12.8 Å². The summed E-state index contributed by atoms with van der Waals surface area (Å²) in [4.78, 5) is 44.0. The molecule has 6 heteroatoms. The number of nitrogens with zero attached hydrogens (tertiary/aromatic N) is 1. The molecule has 0 saturated carbocycles. The third-order valence-electron chi connectivity index (χ3n) is 5.00. The highest BCUT2D eigenvalue weighted by atomic mass is 32.1. The van der Waals surface area contributed by atoms with Crippen molar-refractivity contribution in [3.8, 4) is 0 Å². The van der Waals surface area contributed by atoms with Crippen LogP contribution in [0.4, 0.5) is 0 Å². The molecule has 0 aliphatic heterocycles. The van der Waals surface area contributed by atoms with E-state index in [4.69, 9.17) is 4.42 Å². The molecule has 0 spiro atoms. The molecule has 1 aromatic carbocycles. The van der Waals surface area contributed by atoms with Crippen molar-refractivity contribution in [2.45, 2.75) is 31.6 Å². The van der Waals surface area contributed by atoms with E-state index in [1.807, 2.05) is 0 Å². The van der Waals surface area contributed by atoms with Gasteiger partial charge in [0.2, 0.25) is 5.89 Å². The van der Waals surface area contributed by atoms with Gasteiger partial charge in [-0.1, -0.05) is 24.3 Å². The lowest BCUT2D eigenvalue weighted by atomic mass is 9.97. The average Bonchev–Trinajstić information content (AvgIpc) is 3.11. The first-order valence-electron chi connectivity index (χ1n) is 8.28. The predicted molar refractivity (Wildman–Crippen MR) is 92.6 cm³/mol. The number of Topliss-reactive ketones (excluding diaryl/α,β-unsaturated/α-hetero) is 2. The molecule has 0 fully saturated rings. The molecule has 5 nitrogen and oxygen atoms in total. The topological polar surface area (TPSA) is 77.2 Å². The largest absolute Gasteiger partial charge is 0.406 e. The van der Waals surface area contributed by atoms with Crippen LogP contribution in [0.3, 0.4) is 0 Å². The van der Waals surface area contributed by atoms with Gasteiger partial charge in [-0.05, 0) is 31.2 Å². The maximum absolute atomic E-state index is 12.6. The van der Waals surface area contributed by atoms with Crippen LogP contribution in [-0.4, -0.2) is 16.6 Å². The van der Waals surface area contributed by atoms with Crippen LogP contribution in [0.2, 0.25) is 0 Å². The Kier molecular flexibility index (Phi) is 3.06. The minimum absolute atomic E-state index is 0.0812. The quantitative estimate of drug-likeness (QED) is 0.629. The third kappa shape index (κ3) is 2.00. The van der Waals surface area contributed by atoms with Gasteiger partial charge in [0, 0.05) is 16.0 Å². The van der Waals surface area contributed by atoms with Gasteiger partial charge in [0.1, 0.15) is 10.2 Å². The molecule has 5 rings (SSSR count). The fraction of sp³-hybridized carbons (Fsp3) is 0.263. The van der Waals surface area contributed by atoms with Gasteiger partial charge < -0.3 is 4.42 Å². The number of benzene rings is 1. The number of hydrogen-bond donors (Lipinski definition) is 0. The molecule has 0 N–H and O–H groups in total. The van der Waals surface area contributed by atoms with Crippen LogP contribution in [0.15, 0.2) is 33.5 Å². The van der Waals surface area contributed by atoms with E-state index in [0.29, 0.717) is 21.3 Å². The molecule has 0 radical (unpaired) electrons. The van der Waals surface area contributed by atoms with E-state index in [9.17, 15) is 14.4 Å². The lowest BCUT2D eigenvalue weighted by Gasteiger charge is -2.09. The van der Waals surface area contributed by atoms with Gasteiger partial charge in [-0.2, -0.15) is 0 Å². The first kappa shape index (κ1) is 14.7. The number of hydrogen-bond acceptors (Lipinski definition) is 6. The second kappa shape index (κ2) is 5.20. The summed E-state index contributed by atoms with van der Waals surface area (Å²) in [7, 11) is 0. The summed E-state index contributed by atoms with van der Waals surface area (Å²) >= 11 is 1.48. The van der Waals surface area contributed by atoms with Crippen molar-refractivity contribution in [3.63, 3.8) is 0 Å². The maximum atomic E-state index is 12.6. The van der Waals surface area contributed by atoms with Crippen molar-refractivity contribution >= 4 is 33.1 Å². The van der Waals surface area contributed by atoms with E-state index in [1.54, 1.807) is 24.3 Å². The van der Waals surface area contributed by atoms with Gasteiger partial charge in [0.15, 0.2) is 17.5 Å². The Labute approximate surface area is 146 Å². The van der Waals surface area contributed by atoms with Crippen molar-refractivity contribution in [3.05, 3.63) is 62.1 Å². The molecular formula is C19H13NO4S. The van der Waals surface area contributed by atoms with Crippen LogP contribution in [0, 0.1) is 0 Å². The van der Waals surface area contributed by atoms with Crippen molar-refractivity contribution in [1.29, 1.82) is 0 Å². The number of ketones is 2. The Morgan fingerprint density at radius 2 is 1.68 bits per heavy atom. The number of carbonyl (C=O) groups excluding carboxylic acids is 2. The first-order valence-corrected chi connectivity index (χ1v) is 9.09. The van der Waals surface area contributed by atoms with Crippen molar-refractivity contribution in [1.82, 2.24) is 4.98 Å². The van der Waals surface area contributed by atoms with Crippen molar-refractivity contribution in [2.75, 3.05) is 0 Å². The molecule has 0 atom stereocenters. The monoisotopic (exact) mass is 351 g/mol. The molecule has 0 unspecified atom stereocenters. The highest BCUT2D eigenvalue weighted by molar-refractivity contribution is 7.18. The number of carbonyl (C=O) groups is 2. The third-order valence-corrected chi connectivity index (χ3v) is 6.18. The van der Waals surface area contributed by atoms with Gasteiger partial charge in [-0.15, -0.1) is 11.3 Å². The van der Waals surface area contributed by atoms with Gasteiger partial charge in [-0.3, -0.25) is 9.59 Å². The summed E-state index contributed by atoms with van der Waals surface area (Å²) in [6.07, 6.45) is 3.95. The summed E-state index contributed by atoms with van der Waals surface area (Å²) in [5.41, 5.74) is 1.28. The van der Waals surface area contributed by atoms with Crippen LogP contribution < -0.4 is 5.63 Å². The Hall–Kier alpha value is -2.60. The molecular weight excluding hydrogens is 338 g/mol. The zero-order valence-electron chi connectivity index (χ0n) is 13.2. The number of thiophene rings is 1. The fourth-order valence-electron chi connectivity index (χ4n) is 3.80. The first-order chi connectivity index (χ1) is 12.1. The molecule has 124 valence electrons. The lowest BCUT2D eigenvalue weighted by molar-refractivity contribution is 0.0872. The van der Waals surface area contributed by atoms with E-state index in [1.165, 1.54) is 16.2 Å². The van der Waals surface area contributed by atoms with Crippen molar-refractivity contribution in [2.24, 2.45) is 0 Å². The number of aryl methyl sites for hydroxylation is 2. The minimum Gasteiger partial charge on any atom is -0.406 e. The molecule has 2 heterocycles. The SMILES string of the molecule is O=C1c2ccccc2C(=O)C1c1nc2sc3c(c2c(=O)o1)CCCC3. The summed E-state index contributed by atoms with van der Waals surface area (Å²) in [6.45, 7) is 0. The molecule has 2 aliphatic carbocycles. The van der Waals surface area contributed by atoms with E-state index in [2.05, 4.69) is 4.98 Å². The Bertz CT molecular complexity index is 1090. The van der Waals surface area contributed by atoms with Crippen LogP contribution >= 0.6 is 11.3 Å². The summed E-state index contributed by atoms with van der Waals surface area (Å²) in [6, 6.07) is 6.67. The summed E-state index contributed by atoms with van der Waals surface area (Å²) in [5.74, 6) is -1.93. The number of aromatic nitrogens is 1. The van der Waals surface area contributed by atoms with Crippen LogP contribution in [0.5, 0.6) is 0 Å².